The summed E-state index contributed by atoms with van der Waals surface area (Å²) >= 11 is 0. The summed E-state index contributed by atoms with van der Waals surface area (Å²) < 4.78 is 30.6. The number of likely N-dealkylation sites (N-methyl/N-ethyl adjacent to an activating group) is 1. The topological polar surface area (TPSA) is 50.3 Å². The van der Waals surface area contributed by atoms with E-state index in [1.807, 2.05) is 13.0 Å². The first-order chi connectivity index (χ1) is 13.5. The van der Waals surface area contributed by atoms with Gasteiger partial charge >= 0.3 is 6.61 Å². The van der Waals surface area contributed by atoms with Gasteiger partial charge in [0.1, 0.15) is 11.4 Å². The molecule has 4 rings (SSSR count). The quantitative estimate of drug-likeness (QED) is 0.838. The maximum Gasteiger partial charge on any atom is 0.387 e. The second kappa shape index (κ2) is 7.99. The maximum atomic E-state index is 12.9. The molecular weight excluding hydrogens is 362 g/mol. The van der Waals surface area contributed by atoms with Crippen molar-refractivity contribution in [3.63, 3.8) is 0 Å². The molecule has 0 amide bonds. The van der Waals surface area contributed by atoms with Crippen LogP contribution in [0.5, 0.6) is 5.75 Å². The van der Waals surface area contributed by atoms with E-state index in [2.05, 4.69) is 27.5 Å². The Labute approximate surface area is 164 Å². The predicted octanol–water partition coefficient (Wildman–Crippen LogP) is 4.05. The van der Waals surface area contributed by atoms with Gasteiger partial charge in [-0.1, -0.05) is 6.07 Å². The van der Waals surface area contributed by atoms with Gasteiger partial charge in [-0.2, -0.15) is 8.78 Å². The smallest absolute Gasteiger partial charge is 0.387 e. The summed E-state index contributed by atoms with van der Waals surface area (Å²) in [6.07, 6.45) is 5.11. The lowest BCUT2D eigenvalue weighted by Crippen LogP contribution is -2.40. The number of nitrogens with zero attached hydrogens (tertiary/aromatic N) is 3. The third-order valence-electron chi connectivity index (χ3n) is 5.61. The van der Waals surface area contributed by atoms with Crippen molar-refractivity contribution in [2.24, 2.45) is 0 Å². The van der Waals surface area contributed by atoms with Crippen LogP contribution in [-0.4, -0.2) is 47.9 Å². The SMILES string of the molecule is Cc1ccc(-c2nnc(N[C@@H]3CCCN(C)C3)c3c2CCC3)c(OC(F)F)c1. The fourth-order valence-electron chi connectivity index (χ4n) is 4.32. The number of ether oxygens (including phenoxy) is 1. The molecule has 1 saturated heterocycles. The molecule has 1 aliphatic carbocycles. The first kappa shape index (κ1) is 19.1. The van der Waals surface area contributed by atoms with Gasteiger partial charge < -0.3 is 15.0 Å². The zero-order valence-corrected chi connectivity index (χ0v) is 16.3. The number of rotatable bonds is 5. The number of aromatic nitrogens is 2. The summed E-state index contributed by atoms with van der Waals surface area (Å²) in [7, 11) is 2.13. The number of halogens is 2. The van der Waals surface area contributed by atoms with E-state index in [0.717, 1.165) is 55.7 Å². The first-order valence-corrected chi connectivity index (χ1v) is 9.90. The third-order valence-corrected chi connectivity index (χ3v) is 5.61. The Morgan fingerprint density at radius 1 is 1.18 bits per heavy atom. The Bertz CT molecular complexity index is 859. The summed E-state index contributed by atoms with van der Waals surface area (Å²) in [4.78, 5) is 2.32. The van der Waals surface area contributed by atoms with E-state index in [1.54, 1.807) is 12.1 Å². The molecule has 1 atom stereocenters. The molecule has 0 saturated carbocycles. The number of nitrogens with one attached hydrogen (secondary N) is 1. The average Bonchev–Trinajstić information content (AvgIpc) is 3.13. The highest BCUT2D eigenvalue weighted by molar-refractivity contribution is 5.73. The highest BCUT2D eigenvalue weighted by atomic mass is 19.3. The molecule has 0 bridgehead atoms. The van der Waals surface area contributed by atoms with Crippen LogP contribution in [0.25, 0.3) is 11.3 Å². The van der Waals surface area contributed by atoms with Crippen molar-refractivity contribution in [1.82, 2.24) is 15.1 Å². The number of alkyl halides is 2. The van der Waals surface area contributed by atoms with Gasteiger partial charge in [0, 0.05) is 23.7 Å². The van der Waals surface area contributed by atoms with Crippen LogP contribution in [0.1, 0.15) is 36.0 Å². The lowest BCUT2D eigenvalue weighted by Gasteiger charge is -2.31. The van der Waals surface area contributed by atoms with Gasteiger partial charge in [0.15, 0.2) is 5.82 Å². The summed E-state index contributed by atoms with van der Waals surface area (Å²) in [5.41, 5.74) is 4.38. The minimum Gasteiger partial charge on any atom is -0.434 e. The van der Waals surface area contributed by atoms with Crippen LogP contribution in [0.2, 0.25) is 0 Å². The summed E-state index contributed by atoms with van der Waals surface area (Å²) in [5.74, 6) is 1.01. The lowest BCUT2D eigenvalue weighted by atomic mass is 10.0. The molecule has 0 unspecified atom stereocenters. The molecule has 150 valence electrons. The number of aryl methyl sites for hydroxylation is 1. The molecule has 0 spiro atoms. The number of fused-ring (bicyclic) bond motifs is 1. The van der Waals surface area contributed by atoms with Crippen LogP contribution in [0.3, 0.4) is 0 Å². The Morgan fingerprint density at radius 3 is 2.79 bits per heavy atom. The fourth-order valence-corrected chi connectivity index (χ4v) is 4.32. The van der Waals surface area contributed by atoms with Gasteiger partial charge in [0.25, 0.3) is 0 Å². The zero-order valence-electron chi connectivity index (χ0n) is 16.3. The molecule has 7 heteroatoms. The van der Waals surface area contributed by atoms with Crippen LogP contribution < -0.4 is 10.1 Å². The number of likely N-dealkylation sites (tertiary alicyclic amines) is 1. The van der Waals surface area contributed by atoms with Crippen molar-refractivity contribution in [3.05, 3.63) is 34.9 Å². The second-order valence-corrected chi connectivity index (χ2v) is 7.83. The van der Waals surface area contributed by atoms with E-state index in [0.29, 0.717) is 17.3 Å². The lowest BCUT2D eigenvalue weighted by molar-refractivity contribution is -0.0494. The first-order valence-electron chi connectivity index (χ1n) is 9.90. The van der Waals surface area contributed by atoms with E-state index in [1.165, 1.54) is 12.0 Å². The van der Waals surface area contributed by atoms with Gasteiger partial charge in [0.05, 0.1) is 0 Å². The van der Waals surface area contributed by atoms with Gasteiger partial charge in [0.2, 0.25) is 0 Å². The minimum absolute atomic E-state index is 0.160. The van der Waals surface area contributed by atoms with E-state index >= 15 is 0 Å². The van der Waals surface area contributed by atoms with Crippen LogP contribution in [0.15, 0.2) is 18.2 Å². The van der Waals surface area contributed by atoms with Crippen molar-refractivity contribution in [3.8, 4) is 17.0 Å². The third kappa shape index (κ3) is 3.94. The number of hydrogen-bond donors (Lipinski definition) is 1. The van der Waals surface area contributed by atoms with Gasteiger partial charge in [-0.05, 0) is 75.9 Å². The summed E-state index contributed by atoms with van der Waals surface area (Å²) in [6.45, 7) is 1.10. The molecule has 1 fully saturated rings. The van der Waals surface area contributed by atoms with Crippen LogP contribution >= 0.6 is 0 Å². The molecular formula is C21H26F2N4O. The molecule has 28 heavy (non-hydrogen) atoms. The normalized spacial score (nSPS) is 19.7. The van der Waals surface area contributed by atoms with Crippen molar-refractivity contribution >= 4 is 5.82 Å². The van der Waals surface area contributed by atoms with E-state index in [-0.39, 0.29) is 5.75 Å². The minimum atomic E-state index is -2.87. The Hall–Kier alpha value is -2.28. The number of anilines is 1. The highest BCUT2D eigenvalue weighted by Gasteiger charge is 2.26. The molecule has 5 nitrogen and oxygen atoms in total. The van der Waals surface area contributed by atoms with E-state index in [4.69, 9.17) is 4.74 Å². The fraction of sp³-hybridized carbons (Fsp3) is 0.524. The molecule has 2 heterocycles. The number of hydrogen-bond acceptors (Lipinski definition) is 5. The van der Waals surface area contributed by atoms with Crippen molar-refractivity contribution in [2.45, 2.75) is 51.7 Å². The van der Waals surface area contributed by atoms with Gasteiger partial charge in [-0.25, -0.2) is 0 Å². The van der Waals surface area contributed by atoms with Crippen LogP contribution in [0, 0.1) is 6.92 Å². The zero-order chi connectivity index (χ0) is 19.7. The molecule has 1 aromatic heterocycles. The predicted molar refractivity (Wildman–Crippen MR) is 105 cm³/mol. The van der Waals surface area contributed by atoms with Crippen LogP contribution in [-0.2, 0) is 12.8 Å². The Balaban J connectivity index is 1.68. The number of piperidine rings is 1. The molecule has 2 aliphatic rings. The number of benzene rings is 1. The summed E-state index contributed by atoms with van der Waals surface area (Å²) in [6, 6.07) is 5.69. The molecule has 1 N–H and O–H groups in total. The summed E-state index contributed by atoms with van der Waals surface area (Å²) in [5, 5.41) is 12.5. The molecule has 2 aromatic rings. The molecule has 1 aliphatic heterocycles. The van der Waals surface area contributed by atoms with Crippen LogP contribution in [0.4, 0.5) is 14.6 Å². The maximum absolute atomic E-state index is 12.9. The standard InChI is InChI=1S/C21H26F2N4O/c1-13-8-9-17(18(11-13)28-21(22)23)19-15-6-3-7-16(15)20(26-25-19)24-14-5-4-10-27(2)12-14/h8-9,11,14,21H,3-7,10,12H2,1-2H3,(H,24,26)/t14-/m1/s1. The second-order valence-electron chi connectivity index (χ2n) is 7.83. The monoisotopic (exact) mass is 388 g/mol. The van der Waals surface area contributed by atoms with Gasteiger partial charge in [-0.15, -0.1) is 10.2 Å². The van der Waals surface area contributed by atoms with Crippen molar-refractivity contribution in [1.29, 1.82) is 0 Å². The largest absolute Gasteiger partial charge is 0.434 e. The van der Waals surface area contributed by atoms with Crippen molar-refractivity contribution < 1.29 is 13.5 Å². The molecule has 0 radical (unpaired) electrons. The highest BCUT2D eigenvalue weighted by Crippen LogP contribution is 2.38. The van der Waals surface area contributed by atoms with Gasteiger partial charge in [-0.3, -0.25) is 0 Å². The van der Waals surface area contributed by atoms with E-state index in [9.17, 15) is 8.78 Å². The Kier molecular flexibility index (Phi) is 5.44. The average molecular weight is 388 g/mol. The molecule has 1 aromatic carbocycles. The van der Waals surface area contributed by atoms with Crippen molar-refractivity contribution in [2.75, 3.05) is 25.5 Å². The Morgan fingerprint density at radius 2 is 2.00 bits per heavy atom. The van der Waals surface area contributed by atoms with E-state index < -0.39 is 6.61 Å².